The molecular weight excluding hydrogens is 227 g/mol. The van der Waals surface area contributed by atoms with Gasteiger partial charge in [-0.15, -0.1) is 0 Å². The van der Waals surface area contributed by atoms with E-state index in [4.69, 9.17) is 4.74 Å². The average molecular weight is 242 g/mol. The lowest BCUT2D eigenvalue weighted by Gasteiger charge is -2.10. The van der Waals surface area contributed by atoms with Crippen molar-refractivity contribution in [2.45, 2.75) is 12.5 Å². The number of nitrogens with one attached hydrogen (secondary N) is 1. The number of carbonyl (C=O) groups excluding carboxylic acids is 1. The lowest BCUT2D eigenvalue weighted by Crippen LogP contribution is -2.28. The van der Waals surface area contributed by atoms with E-state index in [1.807, 2.05) is 0 Å². The minimum absolute atomic E-state index is 0.207. The van der Waals surface area contributed by atoms with Gasteiger partial charge >= 0.3 is 0 Å². The highest BCUT2D eigenvalue weighted by Gasteiger charge is 2.08. The molecule has 0 spiro atoms. The lowest BCUT2D eigenvalue weighted by atomic mass is 10.2. The number of aliphatic hydroxyl groups is 1. The Morgan fingerprint density at radius 2 is 2.47 bits per heavy atom. The van der Waals surface area contributed by atoms with Gasteiger partial charge in [0.25, 0.3) is 5.91 Å². The van der Waals surface area contributed by atoms with Crippen LogP contribution in [0.4, 0.5) is 4.39 Å². The minimum Gasteiger partial charge on any atom is -0.391 e. The van der Waals surface area contributed by atoms with Crippen LogP contribution in [0, 0.1) is 5.95 Å². The Morgan fingerprint density at radius 1 is 1.71 bits per heavy atom. The van der Waals surface area contributed by atoms with E-state index >= 15 is 0 Å². The Hall–Kier alpha value is -1.53. The van der Waals surface area contributed by atoms with E-state index in [-0.39, 0.29) is 12.2 Å². The molecule has 1 unspecified atom stereocenters. The van der Waals surface area contributed by atoms with Gasteiger partial charge in [-0.25, -0.2) is 4.98 Å². The lowest BCUT2D eigenvalue weighted by molar-refractivity contribution is 0.0587. The Morgan fingerprint density at radius 3 is 3.12 bits per heavy atom. The molecule has 94 valence electrons. The summed E-state index contributed by atoms with van der Waals surface area (Å²) in [5.74, 6) is -1.09. The summed E-state index contributed by atoms with van der Waals surface area (Å²) in [4.78, 5) is 14.9. The van der Waals surface area contributed by atoms with Gasteiger partial charge < -0.3 is 15.2 Å². The first kappa shape index (κ1) is 13.5. The largest absolute Gasteiger partial charge is 0.391 e. The molecule has 1 amide bonds. The van der Waals surface area contributed by atoms with E-state index in [2.05, 4.69) is 10.3 Å². The second-order valence-electron chi connectivity index (χ2n) is 3.52. The molecule has 17 heavy (non-hydrogen) atoms. The Labute approximate surface area is 98.6 Å². The maximum absolute atomic E-state index is 12.7. The number of carbonyl (C=O) groups is 1. The topological polar surface area (TPSA) is 71.5 Å². The van der Waals surface area contributed by atoms with Crippen molar-refractivity contribution in [1.29, 1.82) is 0 Å². The van der Waals surface area contributed by atoms with Gasteiger partial charge in [-0.05, 0) is 12.5 Å². The highest BCUT2D eigenvalue weighted by molar-refractivity contribution is 5.93. The number of aromatic nitrogens is 1. The number of hydrogen-bond donors (Lipinski definition) is 2. The predicted octanol–water partition coefficient (Wildman–Crippen LogP) is 0.348. The van der Waals surface area contributed by atoms with E-state index in [9.17, 15) is 14.3 Å². The van der Waals surface area contributed by atoms with Crippen molar-refractivity contribution in [1.82, 2.24) is 10.3 Å². The molecule has 0 aliphatic rings. The molecule has 1 aromatic heterocycles. The first-order valence-corrected chi connectivity index (χ1v) is 5.20. The van der Waals surface area contributed by atoms with Crippen molar-refractivity contribution < 1.29 is 19.0 Å². The third kappa shape index (κ3) is 4.88. The zero-order chi connectivity index (χ0) is 12.7. The number of pyridine rings is 1. The highest BCUT2D eigenvalue weighted by Crippen LogP contribution is 2.00. The number of amides is 1. The van der Waals surface area contributed by atoms with Crippen molar-refractivity contribution in [3.05, 3.63) is 29.8 Å². The molecular formula is C11H15FN2O3. The third-order valence-corrected chi connectivity index (χ3v) is 2.11. The molecule has 5 nitrogen and oxygen atoms in total. The van der Waals surface area contributed by atoms with Gasteiger partial charge in [-0.1, -0.05) is 0 Å². The quantitative estimate of drug-likeness (QED) is 0.706. The Bertz CT molecular complexity index is 373. The zero-order valence-corrected chi connectivity index (χ0v) is 9.52. The molecule has 0 aromatic carbocycles. The molecule has 1 heterocycles. The molecule has 1 rings (SSSR count). The fourth-order valence-corrected chi connectivity index (χ4v) is 1.27. The van der Waals surface area contributed by atoms with Crippen LogP contribution in [0.5, 0.6) is 0 Å². The van der Waals surface area contributed by atoms with Gasteiger partial charge in [0.1, 0.15) is 0 Å². The summed E-state index contributed by atoms with van der Waals surface area (Å²) in [6.45, 7) is 0.521. The van der Waals surface area contributed by atoms with Crippen LogP contribution in [-0.2, 0) is 4.74 Å². The van der Waals surface area contributed by atoms with E-state index in [1.165, 1.54) is 19.4 Å². The number of halogens is 1. The van der Waals surface area contributed by atoms with Crippen LogP contribution >= 0.6 is 0 Å². The van der Waals surface area contributed by atoms with Crippen molar-refractivity contribution in [2.75, 3.05) is 20.3 Å². The van der Waals surface area contributed by atoms with Gasteiger partial charge in [-0.2, -0.15) is 4.39 Å². The highest BCUT2D eigenvalue weighted by atomic mass is 19.1. The van der Waals surface area contributed by atoms with E-state index in [0.29, 0.717) is 13.0 Å². The van der Waals surface area contributed by atoms with E-state index in [0.717, 1.165) is 6.07 Å². The summed E-state index contributed by atoms with van der Waals surface area (Å²) < 4.78 is 17.5. The first-order valence-electron chi connectivity index (χ1n) is 5.20. The zero-order valence-electron chi connectivity index (χ0n) is 9.52. The summed E-state index contributed by atoms with van der Waals surface area (Å²) in [7, 11) is 1.49. The second kappa shape index (κ2) is 6.93. The molecule has 0 saturated carbocycles. The van der Waals surface area contributed by atoms with Crippen LogP contribution in [0.15, 0.2) is 18.3 Å². The standard InChI is InChI=1S/C11H15FN2O3/c1-17-7-9(15)3-5-14-11(16)8-2-4-13-10(12)6-8/h2,4,6,9,15H,3,5,7H2,1H3,(H,14,16). The maximum atomic E-state index is 12.7. The summed E-state index contributed by atoms with van der Waals surface area (Å²) in [6, 6.07) is 2.48. The second-order valence-corrected chi connectivity index (χ2v) is 3.52. The first-order chi connectivity index (χ1) is 8.13. The van der Waals surface area contributed by atoms with Crippen molar-refractivity contribution >= 4 is 5.91 Å². The Kier molecular flexibility index (Phi) is 5.51. The van der Waals surface area contributed by atoms with Crippen molar-refractivity contribution in [3.8, 4) is 0 Å². The summed E-state index contributed by atoms with van der Waals surface area (Å²) in [5, 5.41) is 11.9. The Balaban J connectivity index is 2.35. The van der Waals surface area contributed by atoms with Crippen LogP contribution in [0.3, 0.4) is 0 Å². The third-order valence-electron chi connectivity index (χ3n) is 2.11. The fourth-order valence-electron chi connectivity index (χ4n) is 1.27. The fraction of sp³-hybridized carbons (Fsp3) is 0.455. The van der Waals surface area contributed by atoms with Gasteiger partial charge in [0.05, 0.1) is 12.7 Å². The average Bonchev–Trinajstić information content (AvgIpc) is 2.29. The number of methoxy groups -OCH3 is 1. The molecule has 0 fully saturated rings. The summed E-state index contributed by atoms with van der Waals surface area (Å²) >= 11 is 0. The number of hydrogen-bond acceptors (Lipinski definition) is 4. The molecule has 0 bridgehead atoms. The molecule has 0 radical (unpaired) electrons. The van der Waals surface area contributed by atoms with Crippen molar-refractivity contribution in [3.63, 3.8) is 0 Å². The predicted molar refractivity (Wildman–Crippen MR) is 59.0 cm³/mol. The summed E-state index contributed by atoms with van der Waals surface area (Å²) in [5.41, 5.74) is 0.207. The molecule has 0 saturated heterocycles. The number of nitrogens with zero attached hydrogens (tertiary/aromatic N) is 1. The molecule has 0 aliphatic carbocycles. The molecule has 6 heteroatoms. The van der Waals surface area contributed by atoms with Crippen LogP contribution in [0.1, 0.15) is 16.8 Å². The smallest absolute Gasteiger partial charge is 0.251 e. The molecule has 2 N–H and O–H groups in total. The normalized spacial score (nSPS) is 12.2. The minimum atomic E-state index is -0.697. The van der Waals surface area contributed by atoms with E-state index in [1.54, 1.807) is 0 Å². The molecule has 0 aliphatic heterocycles. The molecule has 1 aromatic rings. The maximum Gasteiger partial charge on any atom is 0.251 e. The van der Waals surface area contributed by atoms with Gasteiger partial charge in [-0.3, -0.25) is 4.79 Å². The number of aliphatic hydroxyl groups excluding tert-OH is 1. The molecule has 1 atom stereocenters. The monoisotopic (exact) mass is 242 g/mol. The van der Waals surface area contributed by atoms with E-state index < -0.39 is 18.0 Å². The number of ether oxygens (including phenoxy) is 1. The van der Waals surface area contributed by atoms with Crippen LogP contribution < -0.4 is 5.32 Å². The SMILES string of the molecule is COCC(O)CCNC(=O)c1ccnc(F)c1. The van der Waals surface area contributed by atoms with Crippen LogP contribution in [-0.4, -0.2) is 42.4 Å². The van der Waals surface area contributed by atoms with Gasteiger partial charge in [0.15, 0.2) is 0 Å². The summed E-state index contributed by atoms with van der Waals surface area (Å²) in [6.07, 6.45) is 0.992. The number of rotatable bonds is 6. The van der Waals surface area contributed by atoms with Crippen molar-refractivity contribution in [2.24, 2.45) is 0 Å². The van der Waals surface area contributed by atoms with Gasteiger partial charge in [0.2, 0.25) is 5.95 Å². The van der Waals surface area contributed by atoms with Gasteiger partial charge in [0, 0.05) is 31.5 Å². The van der Waals surface area contributed by atoms with Crippen LogP contribution in [0.2, 0.25) is 0 Å². The van der Waals surface area contributed by atoms with Crippen LogP contribution in [0.25, 0.3) is 0 Å².